The summed E-state index contributed by atoms with van der Waals surface area (Å²) in [5.41, 5.74) is 3.76. The molecule has 1 aromatic carbocycles. The van der Waals surface area contributed by atoms with Crippen molar-refractivity contribution in [3.05, 3.63) is 52.7 Å². The van der Waals surface area contributed by atoms with E-state index in [1.165, 1.54) is 5.56 Å². The number of pyridine rings is 1. The molecule has 0 saturated carbocycles. The lowest BCUT2D eigenvalue weighted by Gasteiger charge is -2.36. The molecule has 1 saturated heterocycles. The van der Waals surface area contributed by atoms with E-state index in [1.807, 2.05) is 50.1 Å². The second-order valence-corrected chi connectivity index (χ2v) is 7.75. The molecule has 1 aliphatic heterocycles. The fourth-order valence-electron chi connectivity index (χ4n) is 3.67. The highest BCUT2D eigenvalue weighted by atomic mass is 16.5. The SMILES string of the molecule is Cc1ccc(Oc2nc(C)ccc2/C(=N/O)N(C)C2CCN(C)CC2)c(C)c1. The Bertz CT molecular complexity index is 858. The number of piperidine rings is 1. The van der Waals surface area contributed by atoms with Crippen LogP contribution in [0.2, 0.25) is 0 Å². The van der Waals surface area contributed by atoms with Crippen LogP contribution in [-0.2, 0) is 0 Å². The van der Waals surface area contributed by atoms with Gasteiger partial charge in [-0.2, -0.15) is 0 Å². The molecule has 0 atom stereocenters. The number of nitrogens with zero attached hydrogens (tertiary/aromatic N) is 4. The highest BCUT2D eigenvalue weighted by Crippen LogP contribution is 2.29. The number of aryl methyl sites for hydroxylation is 3. The summed E-state index contributed by atoms with van der Waals surface area (Å²) in [6.45, 7) is 8.07. The van der Waals surface area contributed by atoms with Crippen LogP contribution in [0, 0.1) is 20.8 Å². The van der Waals surface area contributed by atoms with Crippen LogP contribution in [0.5, 0.6) is 11.6 Å². The predicted molar refractivity (Wildman–Crippen MR) is 112 cm³/mol. The first-order valence-corrected chi connectivity index (χ1v) is 9.75. The number of ether oxygens (including phenoxy) is 1. The highest BCUT2D eigenvalue weighted by molar-refractivity contribution is 6.00. The molecule has 0 spiro atoms. The van der Waals surface area contributed by atoms with Crippen LogP contribution in [0.1, 0.15) is 35.2 Å². The Morgan fingerprint density at radius 1 is 1.18 bits per heavy atom. The van der Waals surface area contributed by atoms with Crippen LogP contribution in [-0.4, -0.2) is 59.1 Å². The standard InChI is InChI=1S/C22H30N4O2/c1-15-6-9-20(16(2)14-15)28-22-19(8-7-17(3)23-22)21(24-27)26(5)18-10-12-25(4)13-11-18/h6-9,14,18,27H,10-13H2,1-5H3/b24-21-. The predicted octanol–water partition coefficient (Wildman–Crippen LogP) is 3.96. The van der Waals surface area contributed by atoms with Crippen molar-refractivity contribution < 1.29 is 9.94 Å². The van der Waals surface area contributed by atoms with Crippen molar-refractivity contribution in [1.29, 1.82) is 0 Å². The lowest BCUT2D eigenvalue weighted by molar-refractivity contribution is 0.187. The molecular formula is C22H30N4O2. The van der Waals surface area contributed by atoms with E-state index in [9.17, 15) is 5.21 Å². The van der Waals surface area contributed by atoms with Crippen LogP contribution in [0.15, 0.2) is 35.5 Å². The third kappa shape index (κ3) is 4.44. The number of oxime groups is 1. The average molecular weight is 383 g/mol. The van der Waals surface area contributed by atoms with Gasteiger partial charge >= 0.3 is 0 Å². The van der Waals surface area contributed by atoms with E-state index in [2.05, 4.69) is 35.1 Å². The molecule has 2 aromatic rings. The van der Waals surface area contributed by atoms with E-state index in [1.54, 1.807) is 0 Å². The van der Waals surface area contributed by atoms with Crippen molar-refractivity contribution in [2.45, 2.75) is 39.7 Å². The van der Waals surface area contributed by atoms with E-state index in [0.717, 1.165) is 42.9 Å². The summed E-state index contributed by atoms with van der Waals surface area (Å²) in [6.07, 6.45) is 2.05. The maximum atomic E-state index is 9.84. The van der Waals surface area contributed by atoms with Crippen LogP contribution >= 0.6 is 0 Å². The van der Waals surface area contributed by atoms with Crippen molar-refractivity contribution in [3.63, 3.8) is 0 Å². The molecule has 0 unspecified atom stereocenters. The fourth-order valence-corrected chi connectivity index (χ4v) is 3.67. The van der Waals surface area contributed by atoms with Crippen LogP contribution in [0.4, 0.5) is 0 Å². The summed E-state index contributed by atoms with van der Waals surface area (Å²) < 4.78 is 6.18. The molecule has 6 nitrogen and oxygen atoms in total. The molecule has 1 fully saturated rings. The van der Waals surface area contributed by atoms with E-state index in [0.29, 0.717) is 23.3 Å². The lowest BCUT2D eigenvalue weighted by Crippen LogP contribution is -2.44. The van der Waals surface area contributed by atoms with Crippen LogP contribution in [0.3, 0.4) is 0 Å². The Balaban J connectivity index is 1.92. The van der Waals surface area contributed by atoms with Crippen LogP contribution in [0.25, 0.3) is 0 Å². The molecule has 0 bridgehead atoms. The van der Waals surface area contributed by atoms with Crippen molar-refractivity contribution in [1.82, 2.24) is 14.8 Å². The van der Waals surface area contributed by atoms with Gasteiger partial charge in [-0.25, -0.2) is 4.98 Å². The topological polar surface area (TPSA) is 61.2 Å². The van der Waals surface area contributed by atoms with Gasteiger partial charge in [0.25, 0.3) is 0 Å². The normalized spacial score (nSPS) is 16.2. The molecule has 3 rings (SSSR count). The largest absolute Gasteiger partial charge is 0.438 e. The molecule has 0 amide bonds. The fraction of sp³-hybridized carbons (Fsp3) is 0.455. The highest BCUT2D eigenvalue weighted by Gasteiger charge is 2.26. The van der Waals surface area contributed by atoms with E-state index < -0.39 is 0 Å². The minimum absolute atomic E-state index is 0.317. The quantitative estimate of drug-likeness (QED) is 0.375. The Labute approximate surface area is 167 Å². The number of amidine groups is 1. The van der Waals surface area contributed by atoms with Crippen molar-refractivity contribution >= 4 is 5.84 Å². The minimum atomic E-state index is 0.317. The molecule has 28 heavy (non-hydrogen) atoms. The first-order valence-electron chi connectivity index (χ1n) is 9.75. The monoisotopic (exact) mass is 382 g/mol. The van der Waals surface area contributed by atoms with Crippen LogP contribution < -0.4 is 4.74 Å². The summed E-state index contributed by atoms with van der Waals surface area (Å²) in [6, 6.07) is 10.2. The average Bonchev–Trinajstić information content (AvgIpc) is 2.66. The number of hydrogen-bond acceptors (Lipinski definition) is 5. The van der Waals surface area contributed by atoms with E-state index in [-0.39, 0.29) is 0 Å². The summed E-state index contributed by atoms with van der Waals surface area (Å²) in [5.74, 6) is 1.70. The summed E-state index contributed by atoms with van der Waals surface area (Å²) in [5, 5.41) is 13.5. The Kier molecular flexibility index (Phi) is 6.19. The summed E-state index contributed by atoms with van der Waals surface area (Å²) >= 11 is 0. The maximum absolute atomic E-state index is 9.84. The molecule has 1 aliphatic rings. The summed E-state index contributed by atoms with van der Waals surface area (Å²) in [7, 11) is 4.11. The first-order chi connectivity index (χ1) is 13.4. The minimum Gasteiger partial charge on any atom is -0.438 e. The number of benzene rings is 1. The van der Waals surface area contributed by atoms with Crippen molar-refractivity contribution in [2.24, 2.45) is 5.16 Å². The molecular weight excluding hydrogens is 352 g/mol. The van der Waals surface area contributed by atoms with E-state index in [4.69, 9.17) is 4.74 Å². The van der Waals surface area contributed by atoms with Gasteiger partial charge < -0.3 is 19.7 Å². The van der Waals surface area contributed by atoms with Gasteiger partial charge in [0.1, 0.15) is 5.75 Å². The Hall–Kier alpha value is -2.60. The first kappa shape index (κ1) is 20.1. The molecule has 1 N–H and O–H groups in total. The molecule has 0 aliphatic carbocycles. The Morgan fingerprint density at radius 3 is 2.54 bits per heavy atom. The molecule has 0 radical (unpaired) electrons. The molecule has 150 valence electrons. The van der Waals surface area contributed by atoms with Crippen molar-refractivity contribution in [2.75, 3.05) is 27.2 Å². The van der Waals surface area contributed by atoms with E-state index >= 15 is 0 Å². The van der Waals surface area contributed by atoms with Gasteiger partial charge in [-0.15, -0.1) is 0 Å². The van der Waals surface area contributed by atoms with Gasteiger partial charge in [0.2, 0.25) is 5.88 Å². The second-order valence-electron chi connectivity index (χ2n) is 7.75. The van der Waals surface area contributed by atoms with Crippen molar-refractivity contribution in [3.8, 4) is 11.6 Å². The van der Waals surface area contributed by atoms with Gasteiger partial charge in [-0.3, -0.25) is 0 Å². The van der Waals surface area contributed by atoms with Gasteiger partial charge in [-0.05, 0) is 77.5 Å². The smallest absolute Gasteiger partial charge is 0.230 e. The van der Waals surface area contributed by atoms with Gasteiger partial charge in [0.15, 0.2) is 5.84 Å². The number of likely N-dealkylation sites (tertiary alicyclic amines) is 1. The lowest BCUT2D eigenvalue weighted by atomic mass is 10.0. The second kappa shape index (κ2) is 8.61. The Morgan fingerprint density at radius 2 is 1.89 bits per heavy atom. The molecule has 6 heteroatoms. The molecule has 2 heterocycles. The number of hydrogen-bond donors (Lipinski definition) is 1. The zero-order chi connectivity index (χ0) is 20.3. The van der Waals surface area contributed by atoms with Gasteiger partial charge in [0, 0.05) is 18.8 Å². The van der Waals surface area contributed by atoms with Gasteiger partial charge in [0.05, 0.1) is 5.56 Å². The zero-order valence-electron chi connectivity index (χ0n) is 17.4. The third-order valence-electron chi connectivity index (χ3n) is 5.44. The van der Waals surface area contributed by atoms with Gasteiger partial charge in [-0.1, -0.05) is 22.9 Å². The zero-order valence-corrected chi connectivity index (χ0v) is 17.4. The maximum Gasteiger partial charge on any atom is 0.230 e. The molecule has 1 aromatic heterocycles. The number of rotatable bonds is 4. The summed E-state index contributed by atoms with van der Waals surface area (Å²) in [4.78, 5) is 8.96. The third-order valence-corrected chi connectivity index (χ3v) is 5.44. The number of aromatic nitrogens is 1.